The lowest BCUT2D eigenvalue weighted by molar-refractivity contribution is -0.141. The molecule has 0 radical (unpaired) electrons. The predicted molar refractivity (Wildman–Crippen MR) is 183 cm³/mol. The number of fused-ring (bicyclic) bond motifs is 1. The van der Waals surface area contributed by atoms with Crippen LogP contribution in [-0.2, 0) is 26.1 Å². The van der Waals surface area contributed by atoms with Crippen molar-refractivity contribution < 1.29 is 22.7 Å². The Morgan fingerprint density at radius 3 is 2.46 bits per heavy atom. The molecule has 13 heteroatoms. The highest BCUT2D eigenvalue weighted by molar-refractivity contribution is 7.92. The van der Waals surface area contributed by atoms with E-state index in [2.05, 4.69) is 20.5 Å². The van der Waals surface area contributed by atoms with Crippen LogP contribution < -0.4 is 14.9 Å². The Bertz CT molecular complexity index is 1780. The number of sulfonamides is 1. The number of esters is 1. The highest BCUT2D eigenvalue weighted by Crippen LogP contribution is 2.31. The quantitative estimate of drug-likeness (QED) is 0.116. The lowest BCUT2D eigenvalue weighted by Gasteiger charge is -2.24. The Labute approximate surface area is 279 Å². The highest BCUT2D eigenvalue weighted by atomic mass is 35.5. The highest BCUT2D eigenvalue weighted by Gasteiger charge is 2.29. The molecule has 244 valence electrons. The zero-order chi connectivity index (χ0) is 33.3. The fourth-order valence-electron chi connectivity index (χ4n) is 4.60. The SMILES string of the molecule is CCCCOC(=O)CN(c1ccc2c(C(=O)NCc3ccnc(NCCN(C)C)c3)cccc2c1)S(=O)(=O)c1cc(Cl)cc(Cl)c1. The van der Waals surface area contributed by atoms with Crippen molar-refractivity contribution in [2.45, 2.75) is 31.2 Å². The third-order valence-corrected chi connectivity index (χ3v) is 9.18. The molecule has 2 N–H and O–H groups in total. The monoisotopic (exact) mass is 685 g/mol. The summed E-state index contributed by atoms with van der Waals surface area (Å²) in [5.74, 6) is -0.277. The second-order valence-electron chi connectivity index (χ2n) is 10.9. The minimum Gasteiger partial charge on any atom is -0.464 e. The van der Waals surface area contributed by atoms with Crippen molar-refractivity contribution in [1.82, 2.24) is 15.2 Å². The van der Waals surface area contributed by atoms with E-state index in [9.17, 15) is 18.0 Å². The van der Waals surface area contributed by atoms with Crippen molar-refractivity contribution in [3.05, 3.63) is 94.1 Å². The second-order valence-corrected chi connectivity index (χ2v) is 13.6. The van der Waals surface area contributed by atoms with Crippen molar-refractivity contribution in [2.75, 3.05) is 50.0 Å². The van der Waals surface area contributed by atoms with E-state index in [0.717, 1.165) is 35.2 Å². The topological polar surface area (TPSA) is 121 Å². The number of hydrogen-bond donors (Lipinski definition) is 2. The number of hydrogen-bond acceptors (Lipinski definition) is 8. The molecule has 0 saturated carbocycles. The molecule has 3 aromatic carbocycles. The molecule has 4 aromatic rings. The summed E-state index contributed by atoms with van der Waals surface area (Å²) < 4.78 is 34.0. The van der Waals surface area contributed by atoms with E-state index in [1.165, 1.54) is 18.2 Å². The van der Waals surface area contributed by atoms with Crippen LogP contribution in [0.5, 0.6) is 0 Å². The number of nitrogens with one attached hydrogen (secondary N) is 2. The van der Waals surface area contributed by atoms with Crippen molar-refractivity contribution in [3.8, 4) is 0 Å². The largest absolute Gasteiger partial charge is 0.464 e. The van der Waals surface area contributed by atoms with Crippen LogP contribution in [0.2, 0.25) is 10.0 Å². The van der Waals surface area contributed by atoms with Gasteiger partial charge in [-0.2, -0.15) is 0 Å². The van der Waals surface area contributed by atoms with Gasteiger partial charge >= 0.3 is 5.97 Å². The molecule has 1 aromatic heterocycles. The van der Waals surface area contributed by atoms with E-state index in [1.807, 2.05) is 33.2 Å². The summed E-state index contributed by atoms with van der Waals surface area (Å²) in [5.41, 5.74) is 1.50. The van der Waals surface area contributed by atoms with Crippen molar-refractivity contribution in [3.63, 3.8) is 0 Å². The number of aromatic nitrogens is 1. The standard InChI is InChI=1S/C33H37Cl2N5O5S/c1-4-5-15-45-32(41)22-40(46(43,44)28-19-25(34)18-26(35)20-28)27-9-10-29-24(17-27)7-6-8-30(29)33(42)38-21-23-11-12-36-31(16-23)37-13-14-39(2)3/h6-12,16-20H,4-5,13-15,21-22H2,1-3H3,(H,36,37)(H,38,42). The van der Waals surface area contributed by atoms with Crippen LogP contribution in [0, 0.1) is 0 Å². The Hall–Kier alpha value is -3.90. The number of nitrogens with zero attached hydrogens (tertiary/aromatic N) is 3. The molecule has 1 heterocycles. The number of pyridine rings is 1. The van der Waals surface area contributed by atoms with Crippen LogP contribution >= 0.6 is 23.2 Å². The fourth-order valence-corrected chi connectivity index (χ4v) is 6.73. The van der Waals surface area contributed by atoms with Crippen LogP contribution in [0.25, 0.3) is 10.8 Å². The Balaban J connectivity index is 1.59. The molecule has 46 heavy (non-hydrogen) atoms. The smallest absolute Gasteiger partial charge is 0.326 e. The Kier molecular flexibility index (Phi) is 12.2. The number of halogens is 2. The molecule has 0 aliphatic heterocycles. The molecule has 0 spiro atoms. The number of amides is 1. The maximum atomic E-state index is 13.9. The maximum absolute atomic E-state index is 13.9. The molecule has 10 nitrogen and oxygen atoms in total. The number of carbonyl (C=O) groups excluding carboxylic acids is 2. The first-order valence-corrected chi connectivity index (χ1v) is 17.0. The molecular weight excluding hydrogens is 649 g/mol. The maximum Gasteiger partial charge on any atom is 0.326 e. The van der Waals surface area contributed by atoms with E-state index in [4.69, 9.17) is 27.9 Å². The Morgan fingerprint density at radius 2 is 1.74 bits per heavy atom. The molecule has 0 saturated heterocycles. The number of likely N-dealkylation sites (N-methyl/N-ethyl adjacent to an activating group) is 1. The van der Waals surface area contributed by atoms with Crippen LogP contribution in [0.3, 0.4) is 0 Å². The Morgan fingerprint density at radius 1 is 0.978 bits per heavy atom. The molecule has 0 atom stereocenters. The van der Waals surface area contributed by atoms with Crippen molar-refractivity contribution >= 4 is 67.4 Å². The lowest BCUT2D eigenvalue weighted by atomic mass is 10.0. The summed E-state index contributed by atoms with van der Waals surface area (Å²) in [5, 5.41) is 7.71. The number of carbonyl (C=O) groups is 2. The molecule has 0 aliphatic rings. The predicted octanol–water partition coefficient (Wildman–Crippen LogP) is 5.98. The molecule has 0 bridgehead atoms. The van der Waals surface area contributed by atoms with Crippen LogP contribution in [0.1, 0.15) is 35.7 Å². The summed E-state index contributed by atoms with van der Waals surface area (Å²) in [6, 6.07) is 17.7. The number of rotatable bonds is 15. The summed E-state index contributed by atoms with van der Waals surface area (Å²) >= 11 is 12.2. The molecule has 4 rings (SSSR count). The van der Waals surface area contributed by atoms with Gasteiger partial charge in [-0.1, -0.05) is 54.7 Å². The number of anilines is 2. The summed E-state index contributed by atoms with van der Waals surface area (Å²) in [4.78, 5) is 32.3. The number of ether oxygens (including phenoxy) is 1. The van der Waals surface area contributed by atoms with Gasteiger partial charge < -0.3 is 20.3 Å². The average Bonchev–Trinajstić information content (AvgIpc) is 3.01. The minimum absolute atomic E-state index is 0.134. The van der Waals surface area contributed by atoms with Gasteiger partial charge in [0.05, 0.1) is 17.2 Å². The third-order valence-electron chi connectivity index (χ3n) is 7.00. The zero-order valence-electron chi connectivity index (χ0n) is 25.9. The summed E-state index contributed by atoms with van der Waals surface area (Å²) in [6.07, 6.45) is 3.16. The summed E-state index contributed by atoms with van der Waals surface area (Å²) in [7, 11) is -0.309. The van der Waals surface area contributed by atoms with Gasteiger partial charge in [-0.25, -0.2) is 13.4 Å². The first-order valence-electron chi connectivity index (χ1n) is 14.8. The first-order chi connectivity index (χ1) is 22.0. The van der Waals surface area contributed by atoms with Crippen LogP contribution in [0.4, 0.5) is 11.5 Å². The van der Waals surface area contributed by atoms with Gasteiger partial charge in [0.15, 0.2) is 0 Å². The van der Waals surface area contributed by atoms with Gasteiger partial charge in [0, 0.05) is 41.4 Å². The number of unbranched alkanes of at least 4 members (excludes halogenated alkanes) is 1. The van der Waals surface area contributed by atoms with Crippen LogP contribution in [-0.4, -0.2) is 70.5 Å². The first kappa shape index (κ1) is 35.0. The van der Waals surface area contributed by atoms with E-state index in [-0.39, 0.29) is 39.7 Å². The van der Waals surface area contributed by atoms with Crippen molar-refractivity contribution in [2.24, 2.45) is 0 Å². The third kappa shape index (κ3) is 9.32. The molecule has 0 aliphatic carbocycles. The van der Waals surface area contributed by atoms with E-state index < -0.39 is 22.5 Å². The van der Waals surface area contributed by atoms with Gasteiger partial charge in [0.25, 0.3) is 15.9 Å². The van der Waals surface area contributed by atoms with E-state index in [0.29, 0.717) is 22.8 Å². The molecular formula is C33H37Cl2N5O5S. The fraction of sp³-hybridized carbons (Fsp3) is 0.303. The van der Waals surface area contributed by atoms with Crippen molar-refractivity contribution in [1.29, 1.82) is 0 Å². The number of benzene rings is 3. The van der Waals surface area contributed by atoms with Gasteiger partial charge in [-0.3, -0.25) is 13.9 Å². The zero-order valence-corrected chi connectivity index (χ0v) is 28.3. The normalized spacial score (nSPS) is 11.4. The lowest BCUT2D eigenvalue weighted by Crippen LogP contribution is -2.36. The molecule has 1 amide bonds. The minimum atomic E-state index is -4.30. The molecule has 0 fully saturated rings. The molecule has 0 unspecified atom stereocenters. The van der Waals surface area contributed by atoms with Gasteiger partial charge in [-0.15, -0.1) is 0 Å². The van der Waals surface area contributed by atoms with Gasteiger partial charge in [0.1, 0.15) is 12.4 Å². The van der Waals surface area contributed by atoms with E-state index >= 15 is 0 Å². The second kappa shape index (κ2) is 16.1. The summed E-state index contributed by atoms with van der Waals surface area (Å²) in [6.45, 7) is 3.44. The van der Waals surface area contributed by atoms with Gasteiger partial charge in [-0.05, 0) is 85.4 Å². The van der Waals surface area contributed by atoms with Gasteiger partial charge in [0.2, 0.25) is 0 Å². The van der Waals surface area contributed by atoms with Crippen LogP contribution in [0.15, 0.2) is 77.8 Å². The van der Waals surface area contributed by atoms with E-state index in [1.54, 1.807) is 42.6 Å². The average molecular weight is 687 g/mol.